The van der Waals surface area contributed by atoms with E-state index in [4.69, 9.17) is 21.3 Å². The van der Waals surface area contributed by atoms with Gasteiger partial charge in [0.2, 0.25) is 0 Å². The first-order chi connectivity index (χ1) is 8.60. The number of guanidine groups is 1. The molecule has 0 bridgehead atoms. The number of imidazole rings is 1. The van der Waals surface area contributed by atoms with Gasteiger partial charge in [0.15, 0.2) is 11.8 Å². The molecule has 1 aliphatic heterocycles. The summed E-state index contributed by atoms with van der Waals surface area (Å²) in [5.74, 6) is -0.872. The molecule has 1 amide bonds. The zero-order valence-electron chi connectivity index (χ0n) is 9.67. The molecule has 1 fully saturated rings. The summed E-state index contributed by atoms with van der Waals surface area (Å²) < 4.78 is 5.55. The number of nitrogens with zero attached hydrogens (tertiary/aromatic N) is 2. The molecule has 0 spiro atoms. The Bertz CT molecular complexity index is 466. The van der Waals surface area contributed by atoms with Crippen molar-refractivity contribution in [3.63, 3.8) is 0 Å². The third-order valence-electron chi connectivity index (χ3n) is 2.69. The molecule has 1 unspecified atom stereocenters. The van der Waals surface area contributed by atoms with Crippen molar-refractivity contribution in [2.24, 2.45) is 16.5 Å². The predicted octanol–water partition coefficient (Wildman–Crippen LogP) is -0.964. The van der Waals surface area contributed by atoms with Crippen LogP contribution in [0.2, 0.25) is 0 Å². The minimum Gasteiger partial charge on any atom is -0.394 e. The maximum absolute atomic E-state index is 11.5. The molecule has 98 valence electrons. The Morgan fingerprint density at radius 1 is 1.61 bits per heavy atom. The lowest BCUT2D eigenvalue weighted by atomic mass is 10.1. The molecule has 2 heterocycles. The lowest BCUT2D eigenvalue weighted by Gasteiger charge is -2.09. The van der Waals surface area contributed by atoms with E-state index in [2.05, 4.69) is 15.0 Å². The Kier molecular flexibility index (Phi) is 3.58. The average molecular weight is 253 g/mol. The number of nitrogens with two attached hydrogens (primary N) is 2. The summed E-state index contributed by atoms with van der Waals surface area (Å²) in [6.45, 7) is -0.00950. The van der Waals surface area contributed by atoms with Gasteiger partial charge in [0.1, 0.15) is 0 Å². The molecule has 1 aromatic heterocycles. The van der Waals surface area contributed by atoms with Crippen LogP contribution in [0.15, 0.2) is 11.2 Å². The lowest BCUT2D eigenvalue weighted by molar-refractivity contribution is 0.00937. The SMILES string of the molecule is NC(N)=NC(=O)c1ncc(C2CC[C@@H](CO)O2)[nH]1. The van der Waals surface area contributed by atoms with Crippen LogP contribution >= 0.6 is 0 Å². The molecule has 0 radical (unpaired) electrons. The third-order valence-corrected chi connectivity index (χ3v) is 2.69. The number of aliphatic imine (C=N–C) groups is 1. The first-order valence-corrected chi connectivity index (χ1v) is 5.55. The van der Waals surface area contributed by atoms with Crippen LogP contribution in [0.3, 0.4) is 0 Å². The van der Waals surface area contributed by atoms with Crippen LogP contribution in [0.25, 0.3) is 0 Å². The van der Waals surface area contributed by atoms with Crippen molar-refractivity contribution in [3.05, 3.63) is 17.7 Å². The highest BCUT2D eigenvalue weighted by molar-refractivity contribution is 5.99. The van der Waals surface area contributed by atoms with Crippen molar-refractivity contribution in [1.82, 2.24) is 9.97 Å². The van der Waals surface area contributed by atoms with Gasteiger partial charge in [0, 0.05) is 0 Å². The summed E-state index contributed by atoms with van der Waals surface area (Å²) in [6, 6.07) is 0. The van der Waals surface area contributed by atoms with Crippen LogP contribution in [-0.4, -0.2) is 39.7 Å². The van der Waals surface area contributed by atoms with Crippen molar-refractivity contribution < 1.29 is 14.6 Å². The van der Waals surface area contributed by atoms with Gasteiger partial charge in [0.25, 0.3) is 0 Å². The number of H-pyrrole nitrogens is 1. The highest BCUT2D eigenvalue weighted by Gasteiger charge is 2.27. The summed E-state index contributed by atoms with van der Waals surface area (Å²) in [6.07, 6.45) is 2.71. The van der Waals surface area contributed by atoms with Gasteiger partial charge in [-0.2, -0.15) is 4.99 Å². The normalized spacial score (nSPS) is 22.9. The standard InChI is InChI=1S/C10H15N5O3/c11-10(12)15-9(17)8-13-3-6(14-8)7-2-1-5(4-16)18-7/h3,5,7,16H,1-2,4H2,(H,13,14)(H4,11,12,15,17)/t5-,7?/m0/s1. The number of nitrogens with one attached hydrogen (secondary N) is 1. The van der Waals surface area contributed by atoms with Crippen molar-refractivity contribution in [2.75, 3.05) is 6.61 Å². The second kappa shape index (κ2) is 5.15. The van der Waals surface area contributed by atoms with E-state index in [9.17, 15) is 4.79 Å². The molecule has 0 saturated carbocycles. The third kappa shape index (κ3) is 2.66. The van der Waals surface area contributed by atoms with Crippen LogP contribution in [0.1, 0.15) is 35.3 Å². The number of aromatic amines is 1. The van der Waals surface area contributed by atoms with Gasteiger partial charge in [0.05, 0.1) is 30.7 Å². The fourth-order valence-electron chi connectivity index (χ4n) is 1.85. The predicted molar refractivity (Wildman–Crippen MR) is 62.7 cm³/mol. The summed E-state index contributed by atoms with van der Waals surface area (Å²) in [4.78, 5) is 21.6. The molecule has 6 N–H and O–H groups in total. The Labute approximate surface area is 103 Å². The molecule has 1 saturated heterocycles. The molecule has 1 aromatic rings. The molecule has 2 rings (SSSR count). The average Bonchev–Trinajstić information content (AvgIpc) is 2.96. The van der Waals surface area contributed by atoms with Gasteiger partial charge < -0.3 is 26.3 Å². The van der Waals surface area contributed by atoms with Gasteiger partial charge in [-0.15, -0.1) is 0 Å². The molecule has 18 heavy (non-hydrogen) atoms. The first kappa shape index (κ1) is 12.5. The van der Waals surface area contributed by atoms with E-state index in [1.165, 1.54) is 6.20 Å². The number of aliphatic hydroxyl groups excluding tert-OH is 1. The Morgan fingerprint density at radius 3 is 3.00 bits per heavy atom. The molecule has 8 nitrogen and oxygen atoms in total. The zero-order valence-corrected chi connectivity index (χ0v) is 9.67. The number of hydrogen-bond acceptors (Lipinski definition) is 4. The minimum atomic E-state index is -0.627. The topological polar surface area (TPSA) is 140 Å². The largest absolute Gasteiger partial charge is 0.394 e. The minimum absolute atomic E-state index is 0.00950. The van der Waals surface area contributed by atoms with Gasteiger partial charge >= 0.3 is 5.91 Å². The monoisotopic (exact) mass is 253 g/mol. The van der Waals surface area contributed by atoms with E-state index in [0.29, 0.717) is 5.69 Å². The molecular formula is C10H15N5O3. The van der Waals surface area contributed by atoms with Crippen molar-refractivity contribution in [2.45, 2.75) is 25.0 Å². The number of ether oxygens (including phenoxy) is 1. The van der Waals surface area contributed by atoms with E-state index < -0.39 is 5.91 Å². The number of carbonyl (C=O) groups is 1. The van der Waals surface area contributed by atoms with E-state index in [1.807, 2.05) is 0 Å². The van der Waals surface area contributed by atoms with E-state index in [-0.39, 0.29) is 30.6 Å². The fourth-order valence-corrected chi connectivity index (χ4v) is 1.85. The summed E-state index contributed by atoms with van der Waals surface area (Å²) in [5.41, 5.74) is 10.9. The van der Waals surface area contributed by atoms with E-state index >= 15 is 0 Å². The summed E-state index contributed by atoms with van der Waals surface area (Å²) >= 11 is 0. The van der Waals surface area contributed by atoms with E-state index in [1.54, 1.807) is 0 Å². The number of amides is 1. The summed E-state index contributed by atoms with van der Waals surface area (Å²) in [7, 11) is 0. The smallest absolute Gasteiger partial charge is 0.315 e. The van der Waals surface area contributed by atoms with Crippen LogP contribution in [0.5, 0.6) is 0 Å². The number of rotatable bonds is 3. The van der Waals surface area contributed by atoms with Gasteiger partial charge in [-0.05, 0) is 12.8 Å². The molecule has 2 atom stereocenters. The molecule has 0 aliphatic carbocycles. The van der Waals surface area contributed by atoms with Gasteiger partial charge in [-0.25, -0.2) is 4.98 Å². The lowest BCUT2D eigenvalue weighted by Crippen LogP contribution is -2.24. The van der Waals surface area contributed by atoms with Crippen LogP contribution in [-0.2, 0) is 4.74 Å². The number of carbonyl (C=O) groups excluding carboxylic acids is 1. The maximum Gasteiger partial charge on any atom is 0.315 e. The van der Waals surface area contributed by atoms with Gasteiger partial charge in [-0.1, -0.05) is 0 Å². The number of hydrogen-bond donors (Lipinski definition) is 4. The number of aromatic nitrogens is 2. The van der Waals surface area contributed by atoms with Crippen LogP contribution < -0.4 is 11.5 Å². The van der Waals surface area contributed by atoms with Crippen molar-refractivity contribution in [1.29, 1.82) is 0 Å². The summed E-state index contributed by atoms with van der Waals surface area (Å²) in [5, 5.41) is 8.97. The van der Waals surface area contributed by atoms with Gasteiger partial charge in [-0.3, -0.25) is 4.79 Å². The first-order valence-electron chi connectivity index (χ1n) is 5.55. The van der Waals surface area contributed by atoms with E-state index in [0.717, 1.165) is 12.8 Å². The number of aliphatic hydroxyl groups is 1. The molecular weight excluding hydrogens is 238 g/mol. The molecule has 8 heteroatoms. The second-order valence-corrected chi connectivity index (χ2v) is 4.04. The van der Waals surface area contributed by atoms with Crippen LogP contribution in [0, 0.1) is 0 Å². The Hall–Kier alpha value is -1.93. The van der Waals surface area contributed by atoms with Crippen molar-refractivity contribution in [3.8, 4) is 0 Å². The second-order valence-electron chi connectivity index (χ2n) is 4.04. The highest BCUT2D eigenvalue weighted by atomic mass is 16.5. The zero-order chi connectivity index (χ0) is 13.1. The fraction of sp³-hybridized carbons (Fsp3) is 0.500. The highest BCUT2D eigenvalue weighted by Crippen LogP contribution is 2.31. The van der Waals surface area contributed by atoms with Crippen molar-refractivity contribution >= 4 is 11.9 Å². The van der Waals surface area contributed by atoms with Crippen LogP contribution in [0.4, 0.5) is 0 Å². The Morgan fingerprint density at radius 2 is 2.39 bits per heavy atom. The Balaban J connectivity index is 2.07. The quantitative estimate of drug-likeness (QED) is 0.404. The molecule has 1 aliphatic rings. The molecule has 0 aromatic carbocycles. The maximum atomic E-state index is 11.5.